The van der Waals surface area contributed by atoms with Crippen LogP contribution in [0.1, 0.15) is 43.2 Å². The third-order valence-corrected chi connectivity index (χ3v) is 3.68. The number of nitrogens with zero attached hydrogens (tertiary/aromatic N) is 2. The molecule has 1 aromatic carbocycles. The van der Waals surface area contributed by atoms with E-state index in [1.165, 1.54) is 6.42 Å². The topological polar surface area (TPSA) is 53.3 Å². The minimum Gasteiger partial charge on any atom is -0.495 e. The molecule has 4 heteroatoms. The number of benzene rings is 1. The van der Waals surface area contributed by atoms with E-state index < -0.39 is 0 Å². The summed E-state index contributed by atoms with van der Waals surface area (Å²) >= 11 is 0. The molecule has 1 aliphatic rings. The number of likely N-dealkylation sites (tertiary alicyclic amines) is 1. The van der Waals surface area contributed by atoms with Gasteiger partial charge in [-0.05, 0) is 30.5 Å². The molecule has 1 aliphatic heterocycles. The fraction of sp³-hybridized carbons (Fsp3) is 0.500. The minimum atomic E-state index is 0.221. The zero-order valence-corrected chi connectivity index (χ0v) is 11.9. The van der Waals surface area contributed by atoms with Crippen molar-refractivity contribution in [1.29, 1.82) is 5.26 Å². The van der Waals surface area contributed by atoms with Gasteiger partial charge in [0.1, 0.15) is 11.8 Å². The van der Waals surface area contributed by atoms with Gasteiger partial charge in [0.15, 0.2) is 0 Å². The van der Waals surface area contributed by atoms with Crippen LogP contribution < -0.4 is 4.74 Å². The van der Waals surface area contributed by atoms with Gasteiger partial charge in [0.25, 0.3) is 0 Å². The Morgan fingerprint density at radius 3 is 2.85 bits per heavy atom. The summed E-state index contributed by atoms with van der Waals surface area (Å²) < 4.78 is 5.14. The van der Waals surface area contributed by atoms with Crippen molar-refractivity contribution in [2.45, 2.75) is 38.6 Å². The minimum absolute atomic E-state index is 0.221. The number of nitriles is 1. The Morgan fingerprint density at radius 1 is 1.30 bits per heavy atom. The average Bonchev–Trinajstić information content (AvgIpc) is 2.46. The monoisotopic (exact) mass is 272 g/mol. The maximum atomic E-state index is 12.1. The van der Waals surface area contributed by atoms with Crippen molar-refractivity contribution in [1.82, 2.24) is 4.90 Å². The van der Waals surface area contributed by atoms with Crippen molar-refractivity contribution in [3.63, 3.8) is 0 Å². The molecule has 0 atom stereocenters. The SMILES string of the molecule is COc1ccc(CN2CCCCCCC2=O)cc1C#N. The van der Waals surface area contributed by atoms with Crippen molar-refractivity contribution in [3.8, 4) is 11.8 Å². The van der Waals surface area contributed by atoms with E-state index in [0.717, 1.165) is 31.4 Å². The van der Waals surface area contributed by atoms with Gasteiger partial charge in [0, 0.05) is 19.5 Å². The Morgan fingerprint density at radius 2 is 2.10 bits per heavy atom. The second-order valence-electron chi connectivity index (χ2n) is 5.13. The van der Waals surface area contributed by atoms with Crippen LogP contribution in [0.3, 0.4) is 0 Å². The summed E-state index contributed by atoms with van der Waals surface area (Å²) in [5.41, 5.74) is 1.50. The van der Waals surface area contributed by atoms with E-state index in [1.54, 1.807) is 13.2 Å². The summed E-state index contributed by atoms with van der Waals surface area (Å²) in [6, 6.07) is 7.66. The Hall–Kier alpha value is -2.02. The van der Waals surface area contributed by atoms with Crippen molar-refractivity contribution in [3.05, 3.63) is 29.3 Å². The van der Waals surface area contributed by atoms with Crippen LogP contribution in [0.15, 0.2) is 18.2 Å². The lowest BCUT2D eigenvalue weighted by Crippen LogP contribution is -2.32. The van der Waals surface area contributed by atoms with E-state index in [0.29, 0.717) is 24.3 Å². The molecule has 0 spiro atoms. The first kappa shape index (κ1) is 14.4. The third-order valence-electron chi connectivity index (χ3n) is 3.68. The van der Waals surface area contributed by atoms with Crippen LogP contribution in [0.25, 0.3) is 0 Å². The van der Waals surface area contributed by atoms with Crippen LogP contribution in [-0.2, 0) is 11.3 Å². The Balaban J connectivity index is 2.11. The molecule has 0 aliphatic carbocycles. The highest BCUT2D eigenvalue weighted by atomic mass is 16.5. The lowest BCUT2D eigenvalue weighted by atomic mass is 10.1. The number of ether oxygens (including phenoxy) is 1. The molecule has 106 valence electrons. The van der Waals surface area contributed by atoms with Crippen molar-refractivity contribution in [2.24, 2.45) is 0 Å². The molecule has 0 unspecified atom stereocenters. The lowest BCUT2D eigenvalue weighted by molar-refractivity contribution is -0.132. The normalized spacial score (nSPS) is 16.2. The van der Waals surface area contributed by atoms with Gasteiger partial charge < -0.3 is 9.64 Å². The van der Waals surface area contributed by atoms with Gasteiger partial charge in [-0.1, -0.05) is 18.9 Å². The highest BCUT2D eigenvalue weighted by Gasteiger charge is 2.16. The summed E-state index contributed by atoms with van der Waals surface area (Å²) in [5.74, 6) is 0.800. The molecule has 0 radical (unpaired) electrons. The number of rotatable bonds is 3. The summed E-state index contributed by atoms with van der Waals surface area (Å²) in [4.78, 5) is 14.0. The molecule has 0 N–H and O–H groups in total. The van der Waals surface area contributed by atoms with Gasteiger partial charge in [0.05, 0.1) is 12.7 Å². The fourth-order valence-corrected chi connectivity index (χ4v) is 2.54. The third kappa shape index (κ3) is 3.51. The molecule has 0 saturated carbocycles. The maximum Gasteiger partial charge on any atom is 0.222 e. The van der Waals surface area contributed by atoms with Crippen molar-refractivity contribution < 1.29 is 9.53 Å². The van der Waals surface area contributed by atoms with E-state index in [4.69, 9.17) is 10.00 Å². The van der Waals surface area contributed by atoms with Gasteiger partial charge in [-0.2, -0.15) is 5.26 Å². The molecule has 2 rings (SSSR count). The van der Waals surface area contributed by atoms with Crippen LogP contribution in [0.2, 0.25) is 0 Å². The Kier molecular flexibility index (Phi) is 5.00. The number of carbonyl (C=O) groups is 1. The first-order chi connectivity index (χ1) is 9.74. The smallest absolute Gasteiger partial charge is 0.222 e. The van der Waals surface area contributed by atoms with Crippen LogP contribution in [0.4, 0.5) is 0 Å². The van der Waals surface area contributed by atoms with Gasteiger partial charge in [-0.15, -0.1) is 0 Å². The number of hydrogen-bond acceptors (Lipinski definition) is 3. The van der Waals surface area contributed by atoms with Crippen LogP contribution >= 0.6 is 0 Å². The van der Waals surface area contributed by atoms with Crippen molar-refractivity contribution >= 4 is 5.91 Å². The quantitative estimate of drug-likeness (QED) is 0.850. The molecule has 0 bridgehead atoms. The van der Waals surface area contributed by atoms with Gasteiger partial charge in [-0.3, -0.25) is 4.79 Å². The lowest BCUT2D eigenvalue weighted by Gasteiger charge is -2.25. The number of hydrogen-bond donors (Lipinski definition) is 0. The van der Waals surface area contributed by atoms with Crippen LogP contribution in [-0.4, -0.2) is 24.5 Å². The Bertz CT molecular complexity index is 520. The van der Waals surface area contributed by atoms with E-state index in [-0.39, 0.29) is 5.91 Å². The van der Waals surface area contributed by atoms with Crippen LogP contribution in [0.5, 0.6) is 5.75 Å². The van der Waals surface area contributed by atoms with Gasteiger partial charge in [0.2, 0.25) is 5.91 Å². The molecular formula is C16H20N2O2. The molecule has 1 heterocycles. The van der Waals surface area contributed by atoms with E-state index in [9.17, 15) is 4.79 Å². The summed E-state index contributed by atoms with van der Waals surface area (Å²) in [5, 5.41) is 9.10. The van der Waals surface area contributed by atoms with Crippen molar-refractivity contribution in [2.75, 3.05) is 13.7 Å². The molecular weight excluding hydrogens is 252 g/mol. The summed E-state index contributed by atoms with van der Waals surface area (Å²) in [7, 11) is 1.55. The predicted molar refractivity (Wildman–Crippen MR) is 76.2 cm³/mol. The second-order valence-corrected chi connectivity index (χ2v) is 5.13. The first-order valence-corrected chi connectivity index (χ1v) is 7.09. The maximum absolute atomic E-state index is 12.1. The zero-order valence-electron chi connectivity index (χ0n) is 11.9. The van der Waals surface area contributed by atoms with E-state index >= 15 is 0 Å². The number of amides is 1. The molecule has 4 nitrogen and oxygen atoms in total. The van der Waals surface area contributed by atoms with Gasteiger partial charge >= 0.3 is 0 Å². The first-order valence-electron chi connectivity index (χ1n) is 7.09. The van der Waals surface area contributed by atoms with Gasteiger partial charge in [-0.25, -0.2) is 0 Å². The van der Waals surface area contributed by atoms with Crippen LogP contribution in [0, 0.1) is 11.3 Å². The van der Waals surface area contributed by atoms with E-state index in [2.05, 4.69) is 6.07 Å². The standard InChI is InChI=1S/C16H20N2O2/c1-20-15-8-7-13(10-14(15)11-17)12-18-9-5-3-2-4-6-16(18)19/h7-8,10H,2-6,9,12H2,1H3. The molecule has 1 fully saturated rings. The summed E-state index contributed by atoms with van der Waals surface area (Å²) in [6.07, 6.45) is 5.03. The highest BCUT2D eigenvalue weighted by molar-refractivity contribution is 5.76. The molecule has 20 heavy (non-hydrogen) atoms. The fourth-order valence-electron chi connectivity index (χ4n) is 2.54. The molecule has 0 aromatic heterocycles. The molecule has 1 aromatic rings. The number of carbonyl (C=O) groups excluding carboxylic acids is 1. The summed E-state index contributed by atoms with van der Waals surface area (Å²) in [6.45, 7) is 1.39. The van der Waals surface area contributed by atoms with E-state index in [1.807, 2.05) is 17.0 Å². The average molecular weight is 272 g/mol. The zero-order chi connectivity index (χ0) is 14.4. The molecule has 1 saturated heterocycles. The highest BCUT2D eigenvalue weighted by Crippen LogP contribution is 2.21. The Labute approximate surface area is 120 Å². The predicted octanol–water partition coefficient (Wildman–Crippen LogP) is 2.86. The molecule has 1 amide bonds. The second kappa shape index (κ2) is 6.95. The number of methoxy groups -OCH3 is 1. The largest absolute Gasteiger partial charge is 0.495 e.